The van der Waals surface area contributed by atoms with Gasteiger partial charge in [-0.15, -0.1) is 0 Å². The van der Waals surface area contributed by atoms with Crippen molar-refractivity contribution in [2.45, 2.75) is 13.3 Å². The molecule has 1 N–H and O–H groups in total. The molecule has 0 bridgehead atoms. The van der Waals surface area contributed by atoms with Gasteiger partial charge in [0.15, 0.2) is 4.67 Å². The van der Waals surface area contributed by atoms with Crippen molar-refractivity contribution in [3.63, 3.8) is 0 Å². The summed E-state index contributed by atoms with van der Waals surface area (Å²) in [6.45, 7) is 2.06. The van der Waals surface area contributed by atoms with Crippen LogP contribution in [0, 0.1) is 11.3 Å². The molecule has 1 aromatic heterocycles. The van der Waals surface area contributed by atoms with E-state index in [9.17, 15) is 4.79 Å². The Hall–Kier alpha value is -2.32. The lowest BCUT2D eigenvalue weighted by Crippen LogP contribution is -2.13. The standard InChI is InChI=1S/C16H13BrN2O2/c1-2-11-3-5-13(6-4-11)19-16(20)12(10-18)9-14-7-8-15(17)21-14/h3-9H,2H2,1H3,(H,19,20). The molecule has 0 aliphatic rings. The largest absolute Gasteiger partial charge is 0.450 e. The highest BCUT2D eigenvalue weighted by molar-refractivity contribution is 9.10. The van der Waals surface area contributed by atoms with Gasteiger partial charge in [0.25, 0.3) is 5.91 Å². The molecule has 0 radical (unpaired) electrons. The van der Waals surface area contributed by atoms with Gasteiger partial charge in [0.2, 0.25) is 0 Å². The Bertz CT molecular complexity index is 709. The third-order valence-electron chi connectivity index (χ3n) is 2.87. The minimum absolute atomic E-state index is 0.0172. The van der Waals surface area contributed by atoms with Crippen molar-refractivity contribution in [2.75, 3.05) is 5.32 Å². The maximum atomic E-state index is 12.1. The highest BCUT2D eigenvalue weighted by Crippen LogP contribution is 2.17. The molecular formula is C16H13BrN2O2. The summed E-state index contributed by atoms with van der Waals surface area (Å²) in [6, 6.07) is 12.8. The Kier molecular flexibility index (Phi) is 4.96. The van der Waals surface area contributed by atoms with Gasteiger partial charge in [-0.3, -0.25) is 4.79 Å². The average Bonchev–Trinajstić information content (AvgIpc) is 2.90. The first-order valence-electron chi connectivity index (χ1n) is 6.40. The Morgan fingerprint density at radius 1 is 1.33 bits per heavy atom. The van der Waals surface area contributed by atoms with Crippen LogP contribution in [0.3, 0.4) is 0 Å². The van der Waals surface area contributed by atoms with E-state index in [1.54, 1.807) is 12.1 Å². The molecule has 0 atom stereocenters. The average molecular weight is 345 g/mol. The van der Waals surface area contributed by atoms with Crippen LogP contribution in [-0.2, 0) is 11.2 Å². The van der Waals surface area contributed by atoms with Crippen LogP contribution in [0.15, 0.2) is 51.1 Å². The number of furan rings is 1. The number of carbonyl (C=O) groups excluding carboxylic acids is 1. The van der Waals surface area contributed by atoms with E-state index in [-0.39, 0.29) is 5.57 Å². The van der Waals surface area contributed by atoms with Crippen molar-refractivity contribution >= 4 is 33.6 Å². The van der Waals surface area contributed by atoms with Gasteiger partial charge in [-0.1, -0.05) is 19.1 Å². The van der Waals surface area contributed by atoms with Gasteiger partial charge in [0.1, 0.15) is 17.4 Å². The lowest BCUT2D eigenvalue weighted by atomic mass is 10.1. The van der Waals surface area contributed by atoms with E-state index < -0.39 is 5.91 Å². The molecule has 0 fully saturated rings. The molecule has 4 nitrogen and oxygen atoms in total. The van der Waals surface area contributed by atoms with Crippen LogP contribution < -0.4 is 5.32 Å². The summed E-state index contributed by atoms with van der Waals surface area (Å²) < 4.78 is 5.80. The molecule has 0 aliphatic heterocycles. The van der Waals surface area contributed by atoms with Gasteiger partial charge in [0.05, 0.1) is 0 Å². The van der Waals surface area contributed by atoms with Crippen LogP contribution in [0.4, 0.5) is 5.69 Å². The number of nitriles is 1. The van der Waals surface area contributed by atoms with Gasteiger partial charge in [-0.05, 0) is 52.2 Å². The van der Waals surface area contributed by atoms with Crippen molar-refractivity contribution in [1.82, 2.24) is 0 Å². The fourth-order valence-electron chi connectivity index (χ4n) is 1.72. The van der Waals surface area contributed by atoms with Crippen molar-refractivity contribution in [1.29, 1.82) is 5.26 Å². The Labute approximate surface area is 131 Å². The molecule has 2 aromatic rings. The maximum absolute atomic E-state index is 12.1. The summed E-state index contributed by atoms with van der Waals surface area (Å²) in [6.07, 6.45) is 2.34. The number of nitrogens with zero attached hydrogens (tertiary/aromatic N) is 1. The third-order valence-corrected chi connectivity index (χ3v) is 3.29. The first kappa shape index (κ1) is 15.1. The maximum Gasteiger partial charge on any atom is 0.266 e. The molecule has 1 amide bonds. The number of amides is 1. The minimum atomic E-state index is -0.464. The molecule has 21 heavy (non-hydrogen) atoms. The Morgan fingerprint density at radius 2 is 2.05 bits per heavy atom. The Balaban J connectivity index is 2.13. The molecule has 1 heterocycles. The summed E-state index contributed by atoms with van der Waals surface area (Å²) in [5.74, 6) is -0.0239. The molecule has 0 unspecified atom stereocenters. The second kappa shape index (κ2) is 6.91. The zero-order valence-electron chi connectivity index (χ0n) is 11.4. The van der Waals surface area contributed by atoms with E-state index in [0.29, 0.717) is 16.1 Å². The molecule has 1 aromatic carbocycles. The number of carbonyl (C=O) groups is 1. The topological polar surface area (TPSA) is 66.0 Å². The zero-order valence-corrected chi connectivity index (χ0v) is 13.0. The molecule has 5 heteroatoms. The van der Waals surface area contributed by atoms with Gasteiger partial charge >= 0.3 is 0 Å². The van der Waals surface area contributed by atoms with Gasteiger partial charge in [-0.25, -0.2) is 0 Å². The monoisotopic (exact) mass is 344 g/mol. The zero-order chi connectivity index (χ0) is 15.2. The minimum Gasteiger partial charge on any atom is -0.450 e. The molecular weight excluding hydrogens is 332 g/mol. The van der Waals surface area contributed by atoms with E-state index >= 15 is 0 Å². The molecule has 0 saturated heterocycles. The molecule has 0 aliphatic carbocycles. The van der Waals surface area contributed by atoms with E-state index in [1.807, 2.05) is 30.3 Å². The van der Waals surface area contributed by atoms with Crippen molar-refractivity contribution in [3.8, 4) is 6.07 Å². The lowest BCUT2D eigenvalue weighted by Gasteiger charge is -2.04. The van der Waals surface area contributed by atoms with E-state index in [1.165, 1.54) is 11.6 Å². The normalized spacial score (nSPS) is 11.0. The summed E-state index contributed by atoms with van der Waals surface area (Å²) in [7, 11) is 0. The van der Waals surface area contributed by atoms with Crippen molar-refractivity contribution in [2.24, 2.45) is 0 Å². The summed E-state index contributed by atoms with van der Waals surface area (Å²) in [5.41, 5.74) is 1.82. The number of hydrogen-bond acceptors (Lipinski definition) is 3. The summed E-state index contributed by atoms with van der Waals surface area (Å²) in [5, 5.41) is 11.8. The van der Waals surface area contributed by atoms with Crippen molar-refractivity contribution in [3.05, 3.63) is 58.0 Å². The quantitative estimate of drug-likeness (QED) is 0.669. The second-order valence-corrected chi connectivity index (χ2v) is 5.10. The number of nitrogens with one attached hydrogen (secondary N) is 1. The van der Waals surface area contributed by atoms with Crippen LogP contribution in [0.25, 0.3) is 6.08 Å². The predicted octanol–water partition coefficient (Wildman–Crippen LogP) is 4.15. The van der Waals surface area contributed by atoms with E-state index in [4.69, 9.17) is 9.68 Å². The number of halogens is 1. The third kappa shape index (κ3) is 4.07. The first-order chi connectivity index (χ1) is 10.1. The van der Waals surface area contributed by atoms with Gasteiger partial charge < -0.3 is 9.73 Å². The fourth-order valence-corrected chi connectivity index (χ4v) is 2.04. The number of anilines is 1. The van der Waals surface area contributed by atoms with Crippen LogP contribution in [0.5, 0.6) is 0 Å². The number of benzene rings is 1. The molecule has 0 saturated carbocycles. The van der Waals surface area contributed by atoms with Gasteiger partial charge in [0, 0.05) is 11.8 Å². The number of rotatable bonds is 4. The second-order valence-electron chi connectivity index (χ2n) is 4.32. The van der Waals surface area contributed by atoms with Crippen LogP contribution >= 0.6 is 15.9 Å². The predicted molar refractivity (Wildman–Crippen MR) is 84.4 cm³/mol. The van der Waals surface area contributed by atoms with Crippen LogP contribution in [-0.4, -0.2) is 5.91 Å². The highest BCUT2D eigenvalue weighted by atomic mass is 79.9. The number of aryl methyl sites for hydroxylation is 1. The van der Waals surface area contributed by atoms with Gasteiger partial charge in [-0.2, -0.15) is 5.26 Å². The molecule has 106 valence electrons. The van der Waals surface area contributed by atoms with Crippen LogP contribution in [0.1, 0.15) is 18.2 Å². The SMILES string of the molecule is CCc1ccc(NC(=O)C(C#N)=Cc2ccc(Br)o2)cc1. The summed E-state index contributed by atoms with van der Waals surface area (Å²) in [4.78, 5) is 12.1. The molecule has 0 spiro atoms. The highest BCUT2D eigenvalue weighted by Gasteiger charge is 2.10. The molecule has 2 rings (SSSR count). The fraction of sp³-hybridized carbons (Fsp3) is 0.125. The van der Waals surface area contributed by atoms with E-state index in [0.717, 1.165) is 6.42 Å². The first-order valence-corrected chi connectivity index (χ1v) is 7.19. The summed E-state index contributed by atoms with van der Waals surface area (Å²) >= 11 is 3.17. The van der Waals surface area contributed by atoms with Crippen molar-refractivity contribution < 1.29 is 9.21 Å². The Morgan fingerprint density at radius 3 is 2.57 bits per heavy atom. The van der Waals surface area contributed by atoms with Crippen LogP contribution in [0.2, 0.25) is 0 Å². The number of hydrogen-bond donors (Lipinski definition) is 1. The van der Waals surface area contributed by atoms with E-state index in [2.05, 4.69) is 28.2 Å². The smallest absolute Gasteiger partial charge is 0.266 e. The lowest BCUT2D eigenvalue weighted by molar-refractivity contribution is -0.112.